The number of hydrogen-bond acceptors (Lipinski definition) is 3. The summed E-state index contributed by atoms with van der Waals surface area (Å²) in [4.78, 5) is 16.7. The minimum Gasteiger partial charge on any atom is -0.349 e. The van der Waals surface area contributed by atoms with Crippen LogP contribution in [0, 0.1) is 0 Å². The third-order valence-corrected chi connectivity index (χ3v) is 1.15. The third kappa shape index (κ3) is 4.29. The van der Waals surface area contributed by atoms with Crippen molar-refractivity contribution in [3.63, 3.8) is 0 Å². The van der Waals surface area contributed by atoms with Crippen LogP contribution in [0.5, 0.6) is 0 Å². The lowest BCUT2D eigenvalue weighted by atomic mass is 10.3. The summed E-state index contributed by atoms with van der Waals surface area (Å²) in [6.07, 6.45) is 1.19. The topological polar surface area (TPSA) is 55.6 Å². The van der Waals surface area contributed by atoms with Crippen LogP contribution < -0.4 is 5.90 Å². The van der Waals surface area contributed by atoms with Gasteiger partial charge in [-0.25, -0.2) is 5.90 Å². The minimum absolute atomic E-state index is 0.108. The van der Waals surface area contributed by atoms with Gasteiger partial charge < -0.3 is 9.74 Å². The Balaban J connectivity index is 3.22. The Morgan fingerprint density at radius 3 is 2.60 bits per heavy atom. The molecule has 0 aliphatic carbocycles. The standard InChI is InChI=1S/C6H14N2O2/c1-8(2)6(9)4-3-5-10-7/h3-5,7H2,1-2H3. The molecule has 10 heavy (non-hydrogen) atoms. The van der Waals surface area contributed by atoms with Crippen molar-refractivity contribution in [3.8, 4) is 0 Å². The summed E-state index contributed by atoms with van der Waals surface area (Å²) in [6.45, 7) is 0.444. The Morgan fingerprint density at radius 1 is 1.60 bits per heavy atom. The first-order valence-electron chi connectivity index (χ1n) is 3.20. The maximum atomic E-state index is 10.8. The van der Waals surface area contributed by atoms with Gasteiger partial charge in [-0.3, -0.25) is 4.79 Å². The van der Waals surface area contributed by atoms with Gasteiger partial charge >= 0.3 is 0 Å². The highest BCUT2D eigenvalue weighted by molar-refractivity contribution is 5.75. The van der Waals surface area contributed by atoms with Gasteiger partial charge in [0.15, 0.2) is 0 Å². The van der Waals surface area contributed by atoms with Crippen molar-refractivity contribution < 1.29 is 9.63 Å². The molecule has 0 bridgehead atoms. The highest BCUT2D eigenvalue weighted by atomic mass is 16.6. The molecule has 1 amide bonds. The third-order valence-electron chi connectivity index (χ3n) is 1.15. The van der Waals surface area contributed by atoms with Gasteiger partial charge in [0.05, 0.1) is 6.61 Å². The van der Waals surface area contributed by atoms with Crippen LogP contribution in [0.2, 0.25) is 0 Å². The fourth-order valence-corrected chi connectivity index (χ4v) is 0.530. The van der Waals surface area contributed by atoms with Crippen LogP contribution in [0.3, 0.4) is 0 Å². The van der Waals surface area contributed by atoms with Gasteiger partial charge in [0.25, 0.3) is 0 Å². The second kappa shape index (κ2) is 5.20. The first-order chi connectivity index (χ1) is 4.68. The van der Waals surface area contributed by atoms with Crippen molar-refractivity contribution in [1.82, 2.24) is 4.90 Å². The first kappa shape index (κ1) is 9.39. The Labute approximate surface area is 60.9 Å². The molecule has 60 valence electrons. The number of amides is 1. The summed E-state index contributed by atoms with van der Waals surface area (Å²) in [7, 11) is 3.46. The molecule has 0 radical (unpaired) electrons. The van der Waals surface area contributed by atoms with Crippen LogP contribution in [-0.4, -0.2) is 31.5 Å². The molecule has 0 spiro atoms. The fraction of sp³-hybridized carbons (Fsp3) is 0.833. The molecular weight excluding hydrogens is 132 g/mol. The van der Waals surface area contributed by atoms with Gasteiger partial charge in [-0.15, -0.1) is 0 Å². The zero-order valence-electron chi connectivity index (χ0n) is 6.46. The molecule has 0 fully saturated rings. The molecule has 0 rings (SSSR count). The van der Waals surface area contributed by atoms with Crippen molar-refractivity contribution in [2.45, 2.75) is 12.8 Å². The van der Waals surface area contributed by atoms with E-state index in [9.17, 15) is 4.79 Å². The minimum atomic E-state index is 0.108. The molecule has 4 heteroatoms. The number of rotatable bonds is 4. The highest BCUT2D eigenvalue weighted by Gasteiger charge is 2.01. The van der Waals surface area contributed by atoms with Crippen LogP contribution in [-0.2, 0) is 9.63 Å². The predicted molar refractivity (Wildman–Crippen MR) is 38.1 cm³/mol. The number of carbonyl (C=O) groups excluding carboxylic acids is 1. The summed E-state index contributed by atoms with van der Waals surface area (Å²) >= 11 is 0. The van der Waals surface area contributed by atoms with Crippen LogP contribution in [0.1, 0.15) is 12.8 Å². The summed E-state index contributed by atoms with van der Waals surface area (Å²) in [5.41, 5.74) is 0. The summed E-state index contributed by atoms with van der Waals surface area (Å²) in [5, 5.41) is 0. The van der Waals surface area contributed by atoms with Crippen molar-refractivity contribution in [3.05, 3.63) is 0 Å². The zero-order chi connectivity index (χ0) is 7.98. The second-order valence-electron chi connectivity index (χ2n) is 2.26. The van der Waals surface area contributed by atoms with E-state index in [2.05, 4.69) is 4.84 Å². The van der Waals surface area contributed by atoms with E-state index in [1.807, 2.05) is 0 Å². The van der Waals surface area contributed by atoms with Crippen molar-refractivity contribution in [2.75, 3.05) is 20.7 Å². The quantitative estimate of drug-likeness (QED) is 0.439. The molecule has 0 heterocycles. The van der Waals surface area contributed by atoms with Gasteiger partial charge in [-0.2, -0.15) is 0 Å². The van der Waals surface area contributed by atoms with E-state index < -0.39 is 0 Å². The molecule has 0 saturated heterocycles. The molecule has 0 aliphatic heterocycles. The van der Waals surface area contributed by atoms with Gasteiger partial charge in [0.1, 0.15) is 0 Å². The molecule has 0 saturated carbocycles. The maximum absolute atomic E-state index is 10.8. The van der Waals surface area contributed by atoms with E-state index in [1.165, 1.54) is 0 Å². The first-order valence-corrected chi connectivity index (χ1v) is 3.20. The Kier molecular flexibility index (Phi) is 4.88. The maximum Gasteiger partial charge on any atom is 0.222 e. The zero-order valence-corrected chi connectivity index (χ0v) is 6.46. The fourth-order valence-electron chi connectivity index (χ4n) is 0.530. The molecule has 4 nitrogen and oxygen atoms in total. The number of carbonyl (C=O) groups is 1. The molecule has 0 aromatic rings. The van der Waals surface area contributed by atoms with Gasteiger partial charge in [0.2, 0.25) is 5.91 Å². The van der Waals surface area contributed by atoms with Crippen molar-refractivity contribution >= 4 is 5.91 Å². The van der Waals surface area contributed by atoms with E-state index in [4.69, 9.17) is 5.90 Å². The molecule has 0 unspecified atom stereocenters. The van der Waals surface area contributed by atoms with Gasteiger partial charge in [-0.1, -0.05) is 0 Å². The van der Waals surface area contributed by atoms with E-state index in [-0.39, 0.29) is 5.91 Å². The normalized spacial score (nSPS) is 9.50. The average Bonchev–Trinajstić information content (AvgIpc) is 1.88. The summed E-state index contributed by atoms with van der Waals surface area (Å²) in [6, 6.07) is 0. The van der Waals surface area contributed by atoms with E-state index in [1.54, 1.807) is 19.0 Å². The number of hydrogen-bond donors (Lipinski definition) is 1. The van der Waals surface area contributed by atoms with Gasteiger partial charge in [0, 0.05) is 20.5 Å². The number of nitrogens with two attached hydrogens (primary N) is 1. The molecule has 0 atom stereocenters. The van der Waals surface area contributed by atoms with Crippen LogP contribution >= 0.6 is 0 Å². The van der Waals surface area contributed by atoms with Crippen LogP contribution in [0.15, 0.2) is 0 Å². The highest BCUT2D eigenvalue weighted by Crippen LogP contribution is 1.91. The molecule has 0 aromatic heterocycles. The lowest BCUT2D eigenvalue weighted by Crippen LogP contribution is -2.21. The van der Waals surface area contributed by atoms with Crippen molar-refractivity contribution in [1.29, 1.82) is 0 Å². The van der Waals surface area contributed by atoms with E-state index >= 15 is 0 Å². The smallest absolute Gasteiger partial charge is 0.222 e. The largest absolute Gasteiger partial charge is 0.349 e. The van der Waals surface area contributed by atoms with E-state index in [0.717, 1.165) is 0 Å². The Hall–Kier alpha value is -0.610. The Morgan fingerprint density at radius 2 is 2.20 bits per heavy atom. The second-order valence-corrected chi connectivity index (χ2v) is 2.26. The summed E-state index contributed by atoms with van der Waals surface area (Å²) < 4.78 is 0. The average molecular weight is 146 g/mol. The SMILES string of the molecule is CN(C)C(=O)CCCON. The van der Waals surface area contributed by atoms with Crippen molar-refractivity contribution in [2.24, 2.45) is 5.90 Å². The molecular formula is C6H14N2O2. The van der Waals surface area contributed by atoms with Crippen LogP contribution in [0.25, 0.3) is 0 Å². The monoisotopic (exact) mass is 146 g/mol. The molecule has 2 N–H and O–H groups in total. The van der Waals surface area contributed by atoms with Gasteiger partial charge in [-0.05, 0) is 6.42 Å². The lowest BCUT2D eigenvalue weighted by Gasteiger charge is -2.08. The Bertz CT molecular complexity index is 104. The lowest BCUT2D eigenvalue weighted by molar-refractivity contribution is -0.129. The summed E-state index contributed by atoms with van der Waals surface area (Å²) in [5.74, 6) is 4.87. The van der Waals surface area contributed by atoms with E-state index in [0.29, 0.717) is 19.4 Å². The molecule has 0 aromatic carbocycles. The number of nitrogens with zero attached hydrogens (tertiary/aromatic N) is 1. The predicted octanol–water partition coefficient (Wildman–Crippen LogP) is -0.255. The molecule has 0 aliphatic rings. The van der Waals surface area contributed by atoms with Crippen LogP contribution in [0.4, 0.5) is 0 Å².